The van der Waals surface area contributed by atoms with Gasteiger partial charge in [-0.1, -0.05) is 23.8 Å². The summed E-state index contributed by atoms with van der Waals surface area (Å²) < 4.78 is 38.2. The molecule has 4 nitrogen and oxygen atoms in total. The Bertz CT molecular complexity index is 670. The summed E-state index contributed by atoms with van der Waals surface area (Å²) in [7, 11) is 0. The Labute approximate surface area is 156 Å². The first-order chi connectivity index (χ1) is 12.1. The minimum Gasteiger partial charge on any atom is -0.355 e. The second-order valence-electron chi connectivity index (χ2n) is 6.60. The van der Waals surface area contributed by atoms with E-state index in [1.807, 2.05) is 18.7 Å². The van der Waals surface area contributed by atoms with Crippen LogP contribution in [0.5, 0.6) is 0 Å². The third kappa shape index (κ3) is 4.90. The first-order valence-corrected chi connectivity index (χ1v) is 8.92. The van der Waals surface area contributed by atoms with Crippen LogP contribution in [0.4, 0.5) is 19.0 Å². The number of hydrogen-bond acceptors (Lipinski definition) is 3. The van der Waals surface area contributed by atoms with Gasteiger partial charge in [0, 0.05) is 38.3 Å². The lowest BCUT2D eigenvalue weighted by molar-refractivity contribution is -0.138. The van der Waals surface area contributed by atoms with Gasteiger partial charge in [0.05, 0.1) is 10.6 Å². The number of rotatable bonds is 5. The Morgan fingerprint density at radius 2 is 2.04 bits per heavy atom. The Hall–Kier alpha value is -1.76. The molecule has 0 N–H and O–H groups in total. The largest absolute Gasteiger partial charge is 0.417 e. The standard InChI is InChI=1S/C18H23ClF3N3O/c1-4-24(11-12(2)3)17(26)13-5-7-25(8-6-13)16-15(19)9-14(10-23-16)18(20,21)22/h9-10,13H,2,4-8,11H2,1,3H3. The second kappa shape index (κ2) is 8.29. The van der Waals surface area contributed by atoms with Gasteiger partial charge in [-0.05, 0) is 32.8 Å². The number of carbonyl (C=O) groups excluding carboxylic acids is 1. The molecule has 2 rings (SSSR count). The molecule has 0 radical (unpaired) electrons. The van der Waals surface area contributed by atoms with E-state index in [-0.39, 0.29) is 16.8 Å². The SMILES string of the molecule is C=C(C)CN(CC)C(=O)C1CCN(c2ncc(C(F)(F)F)cc2Cl)CC1. The number of amides is 1. The number of halogens is 4. The summed E-state index contributed by atoms with van der Waals surface area (Å²) in [5.41, 5.74) is 0.0630. The van der Waals surface area contributed by atoms with Crippen molar-refractivity contribution in [2.75, 3.05) is 31.1 Å². The van der Waals surface area contributed by atoms with E-state index in [0.717, 1.165) is 17.8 Å². The summed E-state index contributed by atoms with van der Waals surface area (Å²) in [5, 5.41) is -0.0259. The maximum Gasteiger partial charge on any atom is 0.417 e. The van der Waals surface area contributed by atoms with Crippen molar-refractivity contribution < 1.29 is 18.0 Å². The summed E-state index contributed by atoms with van der Waals surface area (Å²) in [5.74, 6) is 0.334. The fourth-order valence-corrected chi connectivity index (χ4v) is 3.37. The topological polar surface area (TPSA) is 36.4 Å². The number of alkyl halides is 3. The predicted octanol–water partition coefficient (Wildman–Crippen LogP) is 4.39. The summed E-state index contributed by atoms with van der Waals surface area (Å²) in [4.78, 5) is 20.1. The molecule has 1 aliphatic heterocycles. The van der Waals surface area contributed by atoms with Crippen LogP contribution in [-0.4, -0.2) is 42.0 Å². The summed E-state index contributed by atoms with van der Waals surface area (Å²) in [6, 6.07) is 0.896. The monoisotopic (exact) mass is 389 g/mol. The van der Waals surface area contributed by atoms with Crippen LogP contribution in [0.2, 0.25) is 5.02 Å². The molecule has 2 heterocycles. The van der Waals surface area contributed by atoms with Crippen LogP contribution in [0.3, 0.4) is 0 Å². The van der Waals surface area contributed by atoms with Gasteiger partial charge in [0.1, 0.15) is 5.82 Å². The molecule has 0 unspecified atom stereocenters. The number of pyridine rings is 1. The van der Waals surface area contributed by atoms with Crippen molar-refractivity contribution in [2.45, 2.75) is 32.9 Å². The quantitative estimate of drug-likeness (QED) is 0.700. The molecule has 0 saturated carbocycles. The first kappa shape index (κ1) is 20.6. The van der Waals surface area contributed by atoms with Gasteiger partial charge < -0.3 is 9.80 Å². The fraction of sp³-hybridized carbons (Fsp3) is 0.556. The van der Waals surface area contributed by atoms with Crippen LogP contribution < -0.4 is 4.90 Å². The number of hydrogen-bond donors (Lipinski definition) is 0. The van der Waals surface area contributed by atoms with Crippen LogP contribution in [-0.2, 0) is 11.0 Å². The normalized spacial score (nSPS) is 15.8. The highest BCUT2D eigenvalue weighted by molar-refractivity contribution is 6.33. The van der Waals surface area contributed by atoms with E-state index in [0.29, 0.717) is 44.8 Å². The molecule has 1 aliphatic rings. The van der Waals surface area contributed by atoms with Crippen LogP contribution in [0.25, 0.3) is 0 Å². The molecule has 1 aromatic rings. The third-order valence-electron chi connectivity index (χ3n) is 4.45. The minimum absolute atomic E-state index is 0.0259. The number of nitrogens with zero attached hydrogens (tertiary/aromatic N) is 3. The van der Waals surface area contributed by atoms with Crippen molar-refractivity contribution in [3.63, 3.8) is 0 Å². The molecule has 26 heavy (non-hydrogen) atoms. The van der Waals surface area contributed by atoms with E-state index in [2.05, 4.69) is 11.6 Å². The van der Waals surface area contributed by atoms with Crippen LogP contribution in [0.15, 0.2) is 24.4 Å². The molecule has 0 atom stereocenters. The van der Waals surface area contributed by atoms with E-state index < -0.39 is 11.7 Å². The Kier molecular flexibility index (Phi) is 6.55. The number of aromatic nitrogens is 1. The van der Waals surface area contributed by atoms with E-state index in [1.165, 1.54) is 0 Å². The van der Waals surface area contributed by atoms with Crippen molar-refractivity contribution in [3.05, 3.63) is 35.0 Å². The van der Waals surface area contributed by atoms with Gasteiger partial charge in [-0.15, -0.1) is 0 Å². The lowest BCUT2D eigenvalue weighted by Crippen LogP contribution is -2.43. The molecule has 1 amide bonds. The van der Waals surface area contributed by atoms with Crippen molar-refractivity contribution in [1.82, 2.24) is 9.88 Å². The van der Waals surface area contributed by atoms with Gasteiger partial charge >= 0.3 is 6.18 Å². The highest BCUT2D eigenvalue weighted by Crippen LogP contribution is 2.34. The average Bonchev–Trinajstić information content (AvgIpc) is 2.58. The zero-order valence-electron chi connectivity index (χ0n) is 14.9. The smallest absolute Gasteiger partial charge is 0.355 e. The minimum atomic E-state index is -4.47. The second-order valence-corrected chi connectivity index (χ2v) is 7.01. The van der Waals surface area contributed by atoms with Crippen LogP contribution in [0.1, 0.15) is 32.3 Å². The van der Waals surface area contributed by atoms with Crippen LogP contribution >= 0.6 is 11.6 Å². The van der Waals surface area contributed by atoms with Gasteiger partial charge in [-0.3, -0.25) is 4.79 Å². The summed E-state index contributed by atoms with van der Waals surface area (Å²) in [6.07, 6.45) is -2.44. The highest BCUT2D eigenvalue weighted by Gasteiger charge is 2.33. The molecule has 0 bridgehead atoms. The van der Waals surface area contributed by atoms with Crippen molar-refractivity contribution in [2.24, 2.45) is 5.92 Å². The van der Waals surface area contributed by atoms with Gasteiger partial charge in [0.2, 0.25) is 5.91 Å². The molecule has 1 saturated heterocycles. The number of carbonyl (C=O) groups is 1. The molecule has 1 fully saturated rings. The highest BCUT2D eigenvalue weighted by atomic mass is 35.5. The van der Waals surface area contributed by atoms with Gasteiger partial charge in [-0.2, -0.15) is 13.2 Å². The Morgan fingerprint density at radius 3 is 2.50 bits per heavy atom. The van der Waals surface area contributed by atoms with E-state index in [4.69, 9.17) is 11.6 Å². The zero-order valence-corrected chi connectivity index (χ0v) is 15.7. The van der Waals surface area contributed by atoms with E-state index in [1.54, 1.807) is 4.90 Å². The molecule has 0 aliphatic carbocycles. The van der Waals surface area contributed by atoms with Crippen molar-refractivity contribution >= 4 is 23.3 Å². The number of anilines is 1. The number of piperidine rings is 1. The van der Waals surface area contributed by atoms with Crippen molar-refractivity contribution in [1.29, 1.82) is 0 Å². The molecular weight excluding hydrogens is 367 g/mol. The third-order valence-corrected chi connectivity index (χ3v) is 4.73. The maximum atomic E-state index is 12.7. The van der Waals surface area contributed by atoms with Gasteiger partial charge in [-0.25, -0.2) is 4.98 Å². The first-order valence-electron chi connectivity index (χ1n) is 8.54. The van der Waals surface area contributed by atoms with Crippen LogP contribution in [0, 0.1) is 5.92 Å². The summed E-state index contributed by atoms with van der Waals surface area (Å²) >= 11 is 6.01. The predicted molar refractivity (Wildman–Crippen MR) is 96.3 cm³/mol. The molecule has 1 aromatic heterocycles. The zero-order chi connectivity index (χ0) is 19.5. The van der Waals surface area contributed by atoms with E-state index in [9.17, 15) is 18.0 Å². The lowest BCUT2D eigenvalue weighted by Gasteiger charge is -2.35. The van der Waals surface area contributed by atoms with Gasteiger partial charge in [0.15, 0.2) is 0 Å². The molecule has 0 spiro atoms. The fourth-order valence-electron chi connectivity index (χ4n) is 3.09. The Balaban J connectivity index is 2.02. The lowest BCUT2D eigenvalue weighted by atomic mass is 9.95. The number of likely N-dealkylation sites (N-methyl/N-ethyl adjacent to an activating group) is 1. The molecule has 0 aromatic carbocycles. The van der Waals surface area contributed by atoms with E-state index >= 15 is 0 Å². The molecular formula is C18H23ClF3N3O. The van der Waals surface area contributed by atoms with Crippen molar-refractivity contribution in [3.8, 4) is 0 Å². The average molecular weight is 390 g/mol. The Morgan fingerprint density at radius 1 is 1.42 bits per heavy atom. The maximum absolute atomic E-state index is 12.7. The molecule has 8 heteroatoms. The summed E-state index contributed by atoms with van der Waals surface area (Å²) in [6.45, 7) is 9.89. The van der Waals surface area contributed by atoms with Gasteiger partial charge in [0.25, 0.3) is 0 Å². The molecule has 144 valence electrons.